The normalized spacial score (nSPS) is 19.4. The van der Waals surface area contributed by atoms with Gasteiger partial charge in [0.1, 0.15) is 17.6 Å². The number of nitriles is 1. The topological polar surface area (TPSA) is 69.5 Å². The zero-order valence-electron chi connectivity index (χ0n) is 11.2. The van der Waals surface area contributed by atoms with Crippen LogP contribution in [-0.4, -0.2) is 55.2 Å². The minimum absolute atomic E-state index is 0.0423. The molecule has 3 heterocycles. The zero-order valence-corrected chi connectivity index (χ0v) is 11.2. The summed E-state index contributed by atoms with van der Waals surface area (Å²) in [7, 11) is 0. The van der Waals surface area contributed by atoms with Gasteiger partial charge in [-0.1, -0.05) is 6.07 Å². The molecule has 2 aliphatic heterocycles. The van der Waals surface area contributed by atoms with Crippen molar-refractivity contribution < 1.29 is 9.53 Å². The number of aromatic nitrogens is 1. The van der Waals surface area contributed by atoms with E-state index >= 15 is 0 Å². The van der Waals surface area contributed by atoms with E-state index in [1.807, 2.05) is 28.0 Å². The summed E-state index contributed by atoms with van der Waals surface area (Å²) < 4.78 is 5.25. The molecule has 2 aliphatic rings. The Bertz CT molecular complexity index is 542. The fourth-order valence-corrected chi connectivity index (χ4v) is 2.53. The quantitative estimate of drug-likeness (QED) is 0.772. The molecule has 0 N–H and O–H groups in total. The molecule has 6 heteroatoms. The monoisotopic (exact) mass is 272 g/mol. The van der Waals surface area contributed by atoms with Crippen molar-refractivity contribution in [3.8, 4) is 6.07 Å². The Morgan fingerprint density at radius 3 is 2.80 bits per heavy atom. The van der Waals surface area contributed by atoms with Gasteiger partial charge in [-0.05, 0) is 12.1 Å². The summed E-state index contributed by atoms with van der Waals surface area (Å²) in [5.74, 6) is 1.02. The molecule has 0 unspecified atom stereocenters. The molecular weight excluding hydrogens is 256 g/mol. The van der Waals surface area contributed by atoms with Gasteiger partial charge in [-0.15, -0.1) is 0 Å². The molecule has 0 bridgehead atoms. The molecule has 0 saturated carbocycles. The second-order valence-corrected chi connectivity index (χ2v) is 5.03. The van der Waals surface area contributed by atoms with E-state index < -0.39 is 0 Å². The van der Waals surface area contributed by atoms with Crippen LogP contribution in [0, 0.1) is 17.2 Å². The van der Waals surface area contributed by atoms with Crippen molar-refractivity contribution in [1.82, 2.24) is 9.88 Å². The Morgan fingerprint density at radius 2 is 2.10 bits per heavy atom. The smallest absolute Gasteiger partial charge is 0.229 e. The van der Waals surface area contributed by atoms with Crippen molar-refractivity contribution >= 4 is 11.7 Å². The molecule has 0 radical (unpaired) electrons. The number of rotatable bonds is 2. The summed E-state index contributed by atoms with van der Waals surface area (Å²) in [6.45, 7) is 4.01. The highest BCUT2D eigenvalue weighted by atomic mass is 16.5. The van der Waals surface area contributed by atoms with Crippen LogP contribution in [-0.2, 0) is 9.53 Å². The van der Waals surface area contributed by atoms with E-state index in [1.54, 1.807) is 6.07 Å². The van der Waals surface area contributed by atoms with Gasteiger partial charge in [0.25, 0.3) is 0 Å². The van der Waals surface area contributed by atoms with Crippen molar-refractivity contribution in [3.05, 3.63) is 23.9 Å². The Labute approximate surface area is 117 Å². The van der Waals surface area contributed by atoms with E-state index in [2.05, 4.69) is 4.98 Å². The third-order valence-electron chi connectivity index (χ3n) is 3.73. The predicted molar refractivity (Wildman–Crippen MR) is 72.1 cm³/mol. The second kappa shape index (κ2) is 5.47. The first-order valence-electron chi connectivity index (χ1n) is 6.76. The number of nitrogens with zero attached hydrogens (tertiary/aromatic N) is 4. The summed E-state index contributed by atoms with van der Waals surface area (Å²) in [6, 6.07) is 7.40. The lowest BCUT2D eigenvalue weighted by Gasteiger charge is -2.42. The number of anilines is 1. The van der Waals surface area contributed by atoms with Crippen LogP contribution in [0.1, 0.15) is 5.69 Å². The average molecular weight is 272 g/mol. The number of morpholine rings is 1. The molecule has 2 saturated heterocycles. The highest BCUT2D eigenvalue weighted by Crippen LogP contribution is 2.24. The number of amides is 1. The van der Waals surface area contributed by atoms with Crippen molar-refractivity contribution in [3.63, 3.8) is 0 Å². The second-order valence-electron chi connectivity index (χ2n) is 5.03. The lowest BCUT2D eigenvalue weighted by Crippen LogP contribution is -2.56. The van der Waals surface area contributed by atoms with E-state index in [9.17, 15) is 4.79 Å². The largest absolute Gasteiger partial charge is 0.378 e. The highest BCUT2D eigenvalue weighted by Gasteiger charge is 2.36. The van der Waals surface area contributed by atoms with Gasteiger partial charge in [-0.2, -0.15) is 5.26 Å². The number of carbonyl (C=O) groups excluding carboxylic acids is 1. The highest BCUT2D eigenvalue weighted by molar-refractivity contribution is 5.82. The molecule has 1 amide bonds. The van der Waals surface area contributed by atoms with Gasteiger partial charge in [0.15, 0.2) is 0 Å². The molecule has 104 valence electrons. The van der Waals surface area contributed by atoms with Gasteiger partial charge in [0, 0.05) is 26.2 Å². The predicted octanol–water partition coefficient (Wildman–Crippen LogP) is 0.248. The summed E-state index contributed by atoms with van der Waals surface area (Å²) in [4.78, 5) is 20.4. The van der Waals surface area contributed by atoms with Crippen molar-refractivity contribution in [2.45, 2.75) is 0 Å². The zero-order chi connectivity index (χ0) is 13.9. The molecule has 6 nitrogen and oxygen atoms in total. The Hall–Kier alpha value is -2.13. The van der Waals surface area contributed by atoms with Crippen LogP contribution in [0.15, 0.2) is 18.2 Å². The van der Waals surface area contributed by atoms with Crippen LogP contribution in [0.3, 0.4) is 0 Å². The van der Waals surface area contributed by atoms with Crippen LogP contribution in [0.25, 0.3) is 0 Å². The first-order valence-corrected chi connectivity index (χ1v) is 6.76. The molecule has 1 aromatic heterocycles. The third-order valence-corrected chi connectivity index (χ3v) is 3.73. The molecular formula is C14H16N4O2. The summed E-state index contributed by atoms with van der Waals surface area (Å²) in [5.41, 5.74) is 0.408. The summed E-state index contributed by atoms with van der Waals surface area (Å²) in [5, 5.41) is 8.84. The Kier molecular flexibility index (Phi) is 3.52. The van der Waals surface area contributed by atoms with Crippen molar-refractivity contribution in [2.75, 3.05) is 44.3 Å². The van der Waals surface area contributed by atoms with E-state index in [0.717, 1.165) is 5.82 Å². The maximum atomic E-state index is 12.3. The van der Waals surface area contributed by atoms with Crippen LogP contribution in [0.5, 0.6) is 0 Å². The van der Waals surface area contributed by atoms with Gasteiger partial charge >= 0.3 is 0 Å². The van der Waals surface area contributed by atoms with E-state index in [4.69, 9.17) is 10.00 Å². The maximum Gasteiger partial charge on any atom is 0.229 e. The lowest BCUT2D eigenvalue weighted by molar-refractivity contribution is -0.140. The molecule has 2 fully saturated rings. The van der Waals surface area contributed by atoms with Crippen LogP contribution < -0.4 is 4.90 Å². The van der Waals surface area contributed by atoms with E-state index in [-0.39, 0.29) is 11.8 Å². The summed E-state index contributed by atoms with van der Waals surface area (Å²) >= 11 is 0. The number of hydrogen-bond donors (Lipinski definition) is 0. The maximum absolute atomic E-state index is 12.3. The minimum Gasteiger partial charge on any atom is -0.378 e. The van der Waals surface area contributed by atoms with Gasteiger partial charge in [-0.3, -0.25) is 4.79 Å². The average Bonchev–Trinajstić information content (AvgIpc) is 2.47. The minimum atomic E-state index is 0.0423. The number of hydrogen-bond acceptors (Lipinski definition) is 5. The standard InChI is InChI=1S/C14H16N4O2/c15-8-12-2-1-3-13(16-12)18-9-11(10-18)14(19)17-4-6-20-7-5-17/h1-3,11H,4-7,9-10H2. The Balaban J connectivity index is 1.58. The van der Waals surface area contributed by atoms with Crippen LogP contribution in [0.4, 0.5) is 5.82 Å². The first-order chi connectivity index (χ1) is 9.78. The number of carbonyl (C=O) groups is 1. The SMILES string of the molecule is N#Cc1cccc(N2CC(C(=O)N3CCOCC3)C2)n1. The number of pyridine rings is 1. The van der Waals surface area contributed by atoms with E-state index in [0.29, 0.717) is 45.1 Å². The molecule has 0 aromatic carbocycles. The van der Waals surface area contributed by atoms with Gasteiger partial charge in [0.2, 0.25) is 5.91 Å². The first kappa shape index (κ1) is 12.9. The molecule has 0 spiro atoms. The Morgan fingerprint density at radius 1 is 1.35 bits per heavy atom. The van der Waals surface area contributed by atoms with Gasteiger partial charge in [0.05, 0.1) is 19.1 Å². The van der Waals surface area contributed by atoms with Crippen LogP contribution in [0.2, 0.25) is 0 Å². The van der Waals surface area contributed by atoms with E-state index in [1.165, 1.54) is 0 Å². The molecule has 20 heavy (non-hydrogen) atoms. The molecule has 3 rings (SSSR count). The lowest BCUT2D eigenvalue weighted by atomic mass is 9.98. The fraction of sp³-hybridized carbons (Fsp3) is 0.500. The van der Waals surface area contributed by atoms with Gasteiger partial charge in [-0.25, -0.2) is 4.98 Å². The number of ether oxygens (including phenoxy) is 1. The van der Waals surface area contributed by atoms with Crippen LogP contribution >= 0.6 is 0 Å². The molecule has 0 atom stereocenters. The summed E-state index contributed by atoms with van der Waals surface area (Å²) in [6.07, 6.45) is 0. The third kappa shape index (κ3) is 2.45. The fourth-order valence-electron chi connectivity index (χ4n) is 2.53. The van der Waals surface area contributed by atoms with Crippen molar-refractivity contribution in [2.24, 2.45) is 5.92 Å². The molecule has 1 aromatic rings. The molecule has 0 aliphatic carbocycles. The van der Waals surface area contributed by atoms with Gasteiger partial charge < -0.3 is 14.5 Å². The van der Waals surface area contributed by atoms with Crippen molar-refractivity contribution in [1.29, 1.82) is 5.26 Å².